The molecule has 3 aliphatic rings. The summed E-state index contributed by atoms with van der Waals surface area (Å²) in [6.45, 7) is 3.85. The number of halogens is 3. The minimum absolute atomic E-state index is 0.00414. The van der Waals surface area contributed by atoms with Gasteiger partial charge in [0.1, 0.15) is 16.6 Å². The Kier molecular flexibility index (Phi) is 10.7. The van der Waals surface area contributed by atoms with Crippen LogP contribution in [0.25, 0.3) is 5.57 Å². The van der Waals surface area contributed by atoms with Crippen LogP contribution in [-0.2, 0) is 17.8 Å². The predicted octanol–water partition coefficient (Wildman–Crippen LogP) is 7.59. The first-order valence-corrected chi connectivity index (χ1v) is 17.4. The highest BCUT2D eigenvalue weighted by Gasteiger charge is 2.43. The summed E-state index contributed by atoms with van der Waals surface area (Å²) in [7, 11) is 5.94. The van der Waals surface area contributed by atoms with Crippen LogP contribution in [0.5, 0.6) is 11.5 Å². The van der Waals surface area contributed by atoms with Crippen molar-refractivity contribution in [1.29, 1.82) is 0 Å². The van der Waals surface area contributed by atoms with Crippen molar-refractivity contribution in [3.63, 3.8) is 0 Å². The van der Waals surface area contributed by atoms with E-state index in [4.69, 9.17) is 21.1 Å². The third-order valence-corrected chi connectivity index (χ3v) is 10.3. The minimum Gasteiger partial charge on any atom is -0.496 e. The summed E-state index contributed by atoms with van der Waals surface area (Å²) in [6, 6.07) is 17.1. The van der Waals surface area contributed by atoms with E-state index in [-0.39, 0.29) is 35.4 Å². The lowest BCUT2D eigenvalue weighted by Crippen LogP contribution is -2.54. The normalized spacial score (nSPS) is 20.6. The van der Waals surface area contributed by atoms with Crippen molar-refractivity contribution in [2.45, 2.75) is 76.5 Å². The fourth-order valence-electron chi connectivity index (χ4n) is 7.49. The SMILES string of the molecule is COc1cccc(CN(C(=O)C2=C(c3ccc(CCCOc4c(F)ccc(F)c4Cl)cc3)CC3CC(CN(C)C)CC2N3)C2CC2)c1C. The second-order valence-electron chi connectivity index (χ2n) is 13.8. The van der Waals surface area contributed by atoms with Crippen LogP contribution in [0.3, 0.4) is 0 Å². The number of hydrogen-bond acceptors (Lipinski definition) is 5. The summed E-state index contributed by atoms with van der Waals surface area (Å²) in [6.07, 6.45) is 6.20. The number of rotatable bonds is 13. The van der Waals surface area contributed by atoms with Gasteiger partial charge >= 0.3 is 0 Å². The van der Waals surface area contributed by atoms with Gasteiger partial charge in [0.05, 0.1) is 13.7 Å². The van der Waals surface area contributed by atoms with Gasteiger partial charge in [-0.3, -0.25) is 4.79 Å². The second kappa shape index (κ2) is 15.0. The Morgan fingerprint density at radius 3 is 2.48 bits per heavy atom. The highest BCUT2D eigenvalue weighted by molar-refractivity contribution is 6.32. The van der Waals surface area contributed by atoms with Crippen LogP contribution < -0.4 is 14.8 Å². The molecule has 0 spiro atoms. The molecule has 2 bridgehead atoms. The van der Waals surface area contributed by atoms with Crippen LogP contribution in [0.4, 0.5) is 8.78 Å². The van der Waals surface area contributed by atoms with Crippen molar-refractivity contribution in [1.82, 2.24) is 15.1 Å². The molecule has 1 saturated carbocycles. The summed E-state index contributed by atoms with van der Waals surface area (Å²) in [5.74, 6) is -0.128. The van der Waals surface area contributed by atoms with Crippen molar-refractivity contribution < 1.29 is 23.0 Å². The van der Waals surface area contributed by atoms with Crippen molar-refractivity contribution in [3.05, 3.63) is 99.1 Å². The first-order chi connectivity index (χ1) is 23.1. The summed E-state index contributed by atoms with van der Waals surface area (Å²) in [4.78, 5) is 19.2. The quantitative estimate of drug-likeness (QED) is 0.149. The van der Waals surface area contributed by atoms with Gasteiger partial charge in [0.25, 0.3) is 5.91 Å². The second-order valence-corrected chi connectivity index (χ2v) is 14.2. The Labute approximate surface area is 288 Å². The van der Waals surface area contributed by atoms with Gasteiger partial charge in [-0.25, -0.2) is 8.78 Å². The highest BCUT2D eigenvalue weighted by Crippen LogP contribution is 2.41. The molecule has 9 heteroatoms. The predicted molar refractivity (Wildman–Crippen MR) is 186 cm³/mol. The van der Waals surface area contributed by atoms with Crippen LogP contribution in [0.2, 0.25) is 5.02 Å². The Hall–Kier alpha value is -3.46. The third kappa shape index (κ3) is 7.72. The van der Waals surface area contributed by atoms with Gasteiger partial charge in [0.15, 0.2) is 11.6 Å². The Morgan fingerprint density at radius 1 is 1.02 bits per heavy atom. The molecule has 256 valence electrons. The molecule has 2 fully saturated rings. The largest absolute Gasteiger partial charge is 0.496 e. The van der Waals surface area contributed by atoms with Crippen molar-refractivity contribution >= 4 is 23.1 Å². The summed E-state index contributed by atoms with van der Waals surface area (Å²) in [5, 5.41) is 3.51. The molecule has 6 rings (SSSR count). The maximum atomic E-state index is 14.8. The molecule has 1 saturated heterocycles. The van der Waals surface area contributed by atoms with Gasteiger partial charge in [-0.1, -0.05) is 48.0 Å². The van der Waals surface area contributed by atoms with Crippen LogP contribution >= 0.6 is 11.6 Å². The number of methoxy groups -OCH3 is 1. The number of nitrogens with zero attached hydrogens (tertiary/aromatic N) is 2. The molecular formula is C39H46ClF2N3O3. The molecule has 2 aliphatic heterocycles. The zero-order valence-corrected chi connectivity index (χ0v) is 29.1. The van der Waals surface area contributed by atoms with Crippen LogP contribution in [0.1, 0.15) is 60.8 Å². The van der Waals surface area contributed by atoms with Crippen molar-refractivity contribution in [2.24, 2.45) is 5.92 Å². The zero-order chi connectivity index (χ0) is 33.9. The van der Waals surface area contributed by atoms with Gasteiger partial charge < -0.3 is 24.6 Å². The number of ether oxygens (including phenoxy) is 2. The Balaban J connectivity index is 1.24. The van der Waals surface area contributed by atoms with E-state index in [1.807, 2.05) is 12.1 Å². The van der Waals surface area contributed by atoms with Gasteiger partial charge in [0.2, 0.25) is 0 Å². The first-order valence-electron chi connectivity index (χ1n) is 17.1. The maximum Gasteiger partial charge on any atom is 0.252 e. The molecule has 3 unspecified atom stereocenters. The lowest BCUT2D eigenvalue weighted by Gasteiger charge is -2.44. The van der Waals surface area contributed by atoms with E-state index in [2.05, 4.69) is 66.5 Å². The Bertz CT molecular complexity index is 1660. The molecule has 1 amide bonds. The van der Waals surface area contributed by atoms with E-state index < -0.39 is 11.6 Å². The molecule has 6 nitrogen and oxygen atoms in total. The standard InChI is InChI=1S/C39H46ClF2N3O3/c1-24-28(8-5-9-35(24)47-4)23-45(30-14-15-30)39(46)36-31(21-29-19-26(22-44(2)3)20-34(36)43-29)27-12-10-25(11-13-27)7-6-18-48-38-33(42)17-16-32(41)37(38)40/h5,8-13,16-17,26,29-30,34,43H,6-7,14-15,18-23H2,1-4H3. The van der Waals surface area contributed by atoms with Crippen LogP contribution in [-0.4, -0.2) is 68.2 Å². The highest BCUT2D eigenvalue weighted by atomic mass is 35.5. The van der Waals surface area contributed by atoms with E-state index >= 15 is 0 Å². The van der Waals surface area contributed by atoms with Gasteiger partial charge in [-0.05, 0) is 118 Å². The minimum atomic E-state index is -0.707. The maximum absolute atomic E-state index is 14.8. The number of benzene rings is 3. The van der Waals surface area contributed by atoms with Gasteiger partial charge in [-0.2, -0.15) is 0 Å². The number of nitrogens with one attached hydrogen (secondary N) is 1. The topological polar surface area (TPSA) is 54.0 Å². The van der Waals surface area contributed by atoms with Crippen LogP contribution in [0.15, 0.2) is 60.2 Å². The van der Waals surface area contributed by atoms with E-state index in [1.165, 1.54) is 0 Å². The summed E-state index contributed by atoms with van der Waals surface area (Å²) < 4.78 is 38.9. The molecule has 48 heavy (non-hydrogen) atoms. The fraction of sp³-hybridized carbons (Fsp3) is 0.462. The third-order valence-electron chi connectivity index (χ3n) is 9.97. The average molecular weight is 678 g/mol. The number of amides is 1. The summed E-state index contributed by atoms with van der Waals surface area (Å²) >= 11 is 5.90. The average Bonchev–Trinajstić information content (AvgIpc) is 3.91. The summed E-state index contributed by atoms with van der Waals surface area (Å²) in [5.41, 5.74) is 6.44. The van der Waals surface area contributed by atoms with E-state index in [0.717, 1.165) is 89.9 Å². The number of aryl methyl sites for hydroxylation is 1. The monoisotopic (exact) mass is 677 g/mol. The molecule has 2 heterocycles. The fourth-order valence-corrected chi connectivity index (χ4v) is 7.69. The molecular weight excluding hydrogens is 632 g/mol. The first kappa shape index (κ1) is 34.4. The molecule has 3 atom stereocenters. The molecule has 0 radical (unpaired) electrons. The van der Waals surface area contributed by atoms with Gasteiger partial charge in [-0.15, -0.1) is 0 Å². The number of fused-ring (bicyclic) bond motifs is 2. The number of hydrogen-bond donors (Lipinski definition) is 1. The number of carbonyl (C=O) groups is 1. The molecule has 3 aromatic carbocycles. The number of piperidine rings is 1. The number of carbonyl (C=O) groups excluding carboxylic acids is 1. The van der Waals surface area contributed by atoms with Crippen molar-refractivity contribution in [2.75, 3.05) is 34.4 Å². The molecule has 3 aromatic rings. The lowest BCUT2D eigenvalue weighted by molar-refractivity contribution is -0.128. The van der Waals surface area contributed by atoms with E-state index in [9.17, 15) is 13.6 Å². The molecule has 1 aliphatic carbocycles. The zero-order valence-electron chi connectivity index (χ0n) is 28.3. The smallest absolute Gasteiger partial charge is 0.252 e. The van der Waals surface area contributed by atoms with Crippen LogP contribution in [0, 0.1) is 24.5 Å². The van der Waals surface area contributed by atoms with E-state index in [0.29, 0.717) is 31.3 Å². The van der Waals surface area contributed by atoms with Crippen molar-refractivity contribution in [3.8, 4) is 11.5 Å². The lowest BCUT2D eigenvalue weighted by atomic mass is 9.74. The van der Waals surface area contributed by atoms with Gasteiger partial charge in [0, 0.05) is 36.8 Å². The molecule has 0 aromatic heterocycles. The Morgan fingerprint density at radius 2 is 1.77 bits per heavy atom. The molecule has 1 N–H and O–H groups in total. The van der Waals surface area contributed by atoms with E-state index in [1.54, 1.807) is 7.11 Å².